The van der Waals surface area contributed by atoms with Crippen LogP contribution in [0.25, 0.3) is 22.4 Å². The Kier molecular flexibility index (Phi) is 5.72. The normalized spacial score (nSPS) is 10.4. The minimum absolute atomic E-state index is 0.144. The summed E-state index contributed by atoms with van der Waals surface area (Å²) in [4.78, 5) is 37.0. The third-order valence-corrected chi connectivity index (χ3v) is 4.53. The summed E-state index contributed by atoms with van der Waals surface area (Å²) in [6.45, 7) is 0. The summed E-state index contributed by atoms with van der Waals surface area (Å²) >= 11 is 0. The molecule has 3 aromatic heterocycles. The molecule has 0 aliphatic carbocycles. The van der Waals surface area contributed by atoms with Gasteiger partial charge >= 0.3 is 0 Å². The minimum Gasteiger partial charge on any atom is -0.306 e. The maximum Gasteiger partial charge on any atom is 0.274 e. The van der Waals surface area contributed by atoms with Crippen LogP contribution in [-0.2, 0) is 0 Å². The van der Waals surface area contributed by atoms with Gasteiger partial charge in [-0.2, -0.15) is 0 Å². The van der Waals surface area contributed by atoms with E-state index in [0.29, 0.717) is 11.3 Å². The smallest absolute Gasteiger partial charge is 0.274 e. The molecule has 0 saturated heterocycles. The molecule has 0 atom stereocenters. The van der Waals surface area contributed by atoms with Crippen LogP contribution in [0.4, 0.5) is 5.82 Å². The summed E-state index contributed by atoms with van der Waals surface area (Å²) in [6, 6.07) is 17.5. The second-order valence-electron chi connectivity index (χ2n) is 6.58. The summed E-state index contributed by atoms with van der Waals surface area (Å²) in [6.07, 6.45) is 6.47. The summed E-state index contributed by atoms with van der Waals surface area (Å²) in [5.74, 6) is -0.964. The van der Waals surface area contributed by atoms with Gasteiger partial charge in [0.05, 0.1) is 11.3 Å². The molecule has 8 heteroatoms. The van der Waals surface area contributed by atoms with Crippen molar-refractivity contribution in [2.24, 2.45) is 0 Å². The molecule has 4 aromatic rings. The highest BCUT2D eigenvalue weighted by Gasteiger charge is 2.14. The lowest BCUT2D eigenvalue weighted by atomic mass is 10.0. The Bertz CT molecular complexity index is 1210. The first-order valence-electron chi connectivity index (χ1n) is 9.33. The van der Waals surface area contributed by atoms with Crippen LogP contribution in [0.3, 0.4) is 0 Å². The highest BCUT2D eigenvalue weighted by molar-refractivity contribution is 6.04. The van der Waals surface area contributed by atoms with Crippen LogP contribution in [0.15, 0.2) is 85.5 Å². The molecule has 0 unspecified atom stereocenters. The largest absolute Gasteiger partial charge is 0.306 e. The molecular weight excluding hydrogens is 394 g/mol. The first-order chi connectivity index (χ1) is 15.1. The Balaban J connectivity index is 1.67. The van der Waals surface area contributed by atoms with E-state index < -0.39 is 11.8 Å². The van der Waals surface area contributed by atoms with Gasteiger partial charge in [0.1, 0.15) is 5.82 Å². The molecule has 1 aromatic carbocycles. The number of hydrogen-bond donors (Lipinski definition) is 3. The highest BCUT2D eigenvalue weighted by Crippen LogP contribution is 2.25. The van der Waals surface area contributed by atoms with E-state index in [1.54, 1.807) is 36.2 Å². The van der Waals surface area contributed by atoms with Crippen molar-refractivity contribution < 1.29 is 14.8 Å². The molecule has 3 heterocycles. The van der Waals surface area contributed by atoms with Crippen molar-refractivity contribution in [1.29, 1.82) is 0 Å². The van der Waals surface area contributed by atoms with Crippen LogP contribution in [-0.4, -0.2) is 32.0 Å². The van der Waals surface area contributed by atoms with Gasteiger partial charge in [-0.15, -0.1) is 0 Å². The van der Waals surface area contributed by atoms with E-state index in [4.69, 9.17) is 5.21 Å². The summed E-state index contributed by atoms with van der Waals surface area (Å²) in [5, 5.41) is 11.7. The number of aromatic nitrogens is 3. The highest BCUT2D eigenvalue weighted by atomic mass is 16.5. The van der Waals surface area contributed by atoms with Crippen molar-refractivity contribution in [3.63, 3.8) is 0 Å². The number of benzene rings is 1. The lowest BCUT2D eigenvalue weighted by Crippen LogP contribution is -2.20. The lowest BCUT2D eigenvalue weighted by Gasteiger charge is -2.10. The van der Waals surface area contributed by atoms with Gasteiger partial charge in [-0.3, -0.25) is 24.8 Å². The van der Waals surface area contributed by atoms with Crippen molar-refractivity contribution >= 4 is 17.6 Å². The zero-order valence-electron chi connectivity index (χ0n) is 16.2. The Hall–Kier alpha value is -4.43. The molecule has 4 rings (SSSR count). The fourth-order valence-corrected chi connectivity index (χ4v) is 2.99. The number of pyridine rings is 3. The van der Waals surface area contributed by atoms with E-state index >= 15 is 0 Å². The number of rotatable bonds is 5. The Morgan fingerprint density at radius 1 is 0.742 bits per heavy atom. The average Bonchev–Trinajstić information content (AvgIpc) is 2.84. The van der Waals surface area contributed by atoms with Gasteiger partial charge in [0.2, 0.25) is 0 Å². The maximum absolute atomic E-state index is 12.5. The average molecular weight is 411 g/mol. The number of anilines is 1. The van der Waals surface area contributed by atoms with Gasteiger partial charge in [-0.05, 0) is 41.5 Å². The molecule has 0 bridgehead atoms. The summed E-state index contributed by atoms with van der Waals surface area (Å²) < 4.78 is 0. The van der Waals surface area contributed by atoms with Crippen molar-refractivity contribution in [1.82, 2.24) is 20.4 Å². The Morgan fingerprint density at radius 3 is 2.10 bits per heavy atom. The van der Waals surface area contributed by atoms with Crippen LogP contribution >= 0.6 is 0 Å². The molecule has 31 heavy (non-hydrogen) atoms. The van der Waals surface area contributed by atoms with Gasteiger partial charge in [0.15, 0.2) is 0 Å². The summed E-state index contributed by atoms with van der Waals surface area (Å²) in [7, 11) is 0. The lowest BCUT2D eigenvalue weighted by molar-refractivity contribution is 0.0706. The monoisotopic (exact) mass is 411 g/mol. The molecule has 3 N–H and O–H groups in total. The maximum atomic E-state index is 12.5. The fraction of sp³-hybridized carbons (Fsp3) is 0. The zero-order valence-corrected chi connectivity index (χ0v) is 16.2. The molecule has 0 saturated carbocycles. The standard InChI is InChI=1S/C23H17N5O3/c29-22(18-4-2-10-25-14-18)27-21-12-19(23(30)28-31)11-20(26-21)16-7-5-15(6-8-16)17-3-1-9-24-13-17/h1-14,31H,(H,28,30)(H,26,27,29). The molecule has 0 fully saturated rings. The minimum atomic E-state index is -0.715. The van der Waals surface area contributed by atoms with E-state index in [-0.39, 0.29) is 11.4 Å². The SMILES string of the molecule is O=C(NO)c1cc(NC(=O)c2cccnc2)nc(-c2ccc(-c3cccnc3)cc2)c1. The Labute approximate surface area is 177 Å². The number of hydrogen-bond acceptors (Lipinski definition) is 6. The quantitative estimate of drug-likeness (QED) is 0.341. The van der Waals surface area contributed by atoms with E-state index in [9.17, 15) is 9.59 Å². The van der Waals surface area contributed by atoms with Gasteiger partial charge in [0, 0.05) is 35.9 Å². The predicted octanol–water partition coefficient (Wildman–Crippen LogP) is 3.58. The topological polar surface area (TPSA) is 117 Å². The third-order valence-electron chi connectivity index (χ3n) is 4.53. The van der Waals surface area contributed by atoms with Crippen LogP contribution < -0.4 is 10.8 Å². The molecule has 0 radical (unpaired) electrons. The van der Waals surface area contributed by atoms with Crippen molar-refractivity contribution in [3.05, 3.63) is 96.6 Å². The number of carbonyl (C=O) groups excluding carboxylic acids is 2. The third kappa shape index (κ3) is 4.60. The predicted molar refractivity (Wildman–Crippen MR) is 114 cm³/mol. The number of nitrogens with zero attached hydrogens (tertiary/aromatic N) is 3. The zero-order chi connectivity index (χ0) is 21.6. The van der Waals surface area contributed by atoms with Gasteiger partial charge in [0.25, 0.3) is 11.8 Å². The van der Waals surface area contributed by atoms with E-state index in [0.717, 1.165) is 16.7 Å². The van der Waals surface area contributed by atoms with E-state index in [1.165, 1.54) is 18.3 Å². The molecule has 0 spiro atoms. The van der Waals surface area contributed by atoms with Gasteiger partial charge in [-0.25, -0.2) is 10.5 Å². The second kappa shape index (κ2) is 8.93. The van der Waals surface area contributed by atoms with Crippen LogP contribution in [0.2, 0.25) is 0 Å². The second-order valence-corrected chi connectivity index (χ2v) is 6.58. The van der Waals surface area contributed by atoms with E-state index in [2.05, 4.69) is 20.3 Å². The van der Waals surface area contributed by atoms with Crippen LogP contribution in [0, 0.1) is 0 Å². The van der Waals surface area contributed by atoms with Crippen LogP contribution in [0.5, 0.6) is 0 Å². The molecule has 8 nitrogen and oxygen atoms in total. The van der Waals surface area contributed by atoms with E-state index in [1.807, 2.05) is 36.4 Å². The van der Waals surface area contributed by atoms with Crippen LogP contribution in [0.1, 0.15) is 20.7 Å². The molecule has 2 amide bonds. The number of carbonyl (C=O) groups is 2. The Morgan fingerprint density at radius 2 is 1.45 bits per heavy atom. The molecular formula is C23H17N5O3. The number of hydroxylamine groups is 1. The molecule has 0 aliphatic rings. The first-order valence-corrected chi connectivity index (χ1v) is 9.33. The van der Waals surface area contributed by atoms with Crippen molar-refractivity contribution in [2.45, 2.75) is 0 Å². The fourth-order valence-electron chi connectivity index (χ4n) is 2.99. The van der Waals surface area contributed by atoms with Crippen molar-refractivity contribution in [3.8, 4) is 22.4 Å². The van der Waals surface area contributed by atoms with Crippen molar-refractivity contribution in [2.75, 3.05) is 5.32 Å². The number of amides is 2. The number of nitrogens with one attached hydrogen (secondary N) is 2. The molecule has 152 valence electrons. The first kappa shape index (κ1) is 19.9. The van der Waals surface area contributed by atoms with Gasteiger partial charge in [-0.1, -0.05) is 30.3 Å². The molecule has 0 aliphatic heterocycles. The van der Waals surface area contributed by atoms with Gasteiger partial charge < -0.3 is 5.32 Å². The summed E-state index contributed by atoms with van der Waals surface area (Å²) in [5.41, 5.74) is 5.24.